The fraction of sp³-hybridized carbons (Fsp3) is 0.333. The van der Waals surface area contributed by atoms with Crippen LogP contribution in [0, 0.1) is 0 Å². The molecule has 1 N–H and O–H groups in total. The molecule has 3 nitrogen and oxygen atoms in total. The Morgan fingerprint density at radius 1 is 1.17 bits per heavy atom. The number of rotatable bonds is 2. The number of ketones is 1. The smallest absolute Gasteiger partial charge is 0.196 e. The molecule has 1 aromatic carbocycles. The molecule has 1 aliphatic carbocycles. The lowest BCUT2D eigenvalue weighted by atomic mass is 9.90. The Balaban J connectivity index is 2.12. The minimum Gasteiger partial charge on any atom is -0.382 e. The Bertz CT molecular complexity index is 595. The summed E-state index contributed by atoms with van der Waals surface area (Å²) in [5, 5.41) is 11.3. The number of hydrogen-bond acceptors (Lipinski definition) is 3. The van der Waals surface area contributed by atoms with Crippen LogP contribution in [-0.2, 0) is 0 Å². The number of nitrogens with zero attached hydrogens (tertiary/aromatic N) is 1. The molecule has 0 atom stereocenters. The fourth-order valence-electron chi connectivity index (χ4n) is 2.73. The van der Waals surface area contributed by atoms with E-state index in [2.05, 4.69) is 4.98 Å². The maximum Gasteiger partial charge on any atom is 0.196 e. The average Bonchev–Trinajstić information content (AvgIpc) is 2.85. The van der Waals surface area contributed by atoms with Crippen molar-refractivity contribution in [3.05, 3.63) is 42.1 Å². The first-order valence-electron chi connectivity index (χ1n) is 6.32. The van der Waals surface area contributed by atoms with Gasteiger partial charge in [0.1, 0.15) is 5.60 Å². The molecule has 0 radical (unpaired) electrons. The van der Waals surface area contributed by atoms with Crippen molar-refractivity contribution in [3.63, 3.8) is 0 Å². The summed E-state index contributed by atoms with van der Waals surface area (Å²) in [7, 11) is 0. The van der Waals surface area contributed by atoms with Gasteiger partial charge in [-0.2, -0.15) is 0 Å². The molecular formula is C15H15NO2. The normalized spacial score (nSPS) is 18.1. The SMILES string of the molecule is O=C(c1cccc2cccnc12)C1(O)CCCC1. The first-order valence-corrected chi connectivity index (χ1v) is 6.32. The molecule has 1 fully saturated rings. The molecule has 1 heterocycles. The van der Waals surface area contributed by atoms with Crippen molar-refractivity contribution in [1.29, 1.82) is 0 Å². The van der Waals surface area contributed by atoms with E-state index in [4.69, 9.17) is 0 Å². The molecule has 1 saturated carbocycles. The van der Waals surface area contributed by atoms with Crippen LogP contribution < -0.4 is 0 Å². The monoisotopic (exact) mass is 241 g/mol. The molecule has 1 aromatic heterocycles. The second kappa shape index (κ2) is 4.18. The second-order valence-electron chi connectivity index (χ2n) is 4.95. The maximum absolute atomic E-state index is 12.5. The predicted molar refractivity (Wildman–Crippen MR) is 69.5 cm³/mol. The van der Waals surface area contributed by atoms with Crippen LogP contribution in [-0.4, -0.2) is 21.5 Å². The third-order valence-electron chi connectivity index (χ3n) is 3.73. The number of Topliss-reactive ketones (excluding diaryl/α,β-unsaturated/α-hetero) is 1. The molecule has 0 saturated heterocycles. The van der Waals surface area contributed by atoms with Gasteiger partial charge in [-0.25, -0.2) is 0 Å². The minimum atomic E-state index is -1.17. The summed E-state index contributed by atoms with van der Waals surface area (Å²) in [6.45, 7) is 0. The van der Waals surface area contributed by atoms with Gasteiger partial charge in [-0.3, -0.25) is 9.78 Å². The van der Waals surface area contributed by atoms with Crippen LogP contribution in [0.1, 0.15) is 36.0 Å². The molecule has 0 spiro atoms. The van der Waals surface area contributed by atoms with Gasteiger partial charge >= 0.3 is 0 Å². The van der Waals surface area contributed by atoms with Crippen LogP contribution in [0.15, 0.2) is 36.5 Å². The third kappa shape index (κ3) is 1.71. The Labute approximate surface area is 105 Å². The topological polar surface area (TPSA) is 50.2 Å². The molecule has 0 aliphatic heterocycles. The zero-order valence-electron chi connectivity index (χ0n) is 10.1. The highest BCUT2D eigenvalue weighted by atomic mass is 16.3. The van der Waals surface area contributed by atoms with E-state index >= 15 is 0 Å². The largest absolute Gasteiger partial charge is 0.382 e. The van der Waals surface area contributed by atoms with E-state index < -0.39 is 5.60 Å². The van der Waals surface area contributed by atoms with Crippen LogP contribution in [0.25, 0.3) is 10.9 Å². The van der Waals surface area contributed by atoms with Gasteiger partial charge in [-0.1, -0.05) is 18.2 Å². The number of hydrogen-bond donors (Lipinski definition) is 1. The van der Waals surface area contributed by atoms with Crippen molar-refractivity contribution in [3.8, 4) is 0 Å². The molecule has 18 heavy (non-hydrogen) atoms. The van der Waals surface area contributed by atoms with Gasteiger partial charge in [0, 0.05) is 17.1 Å². The zero-order valence-corrected chi connectivity index (χ0v) is 10.1. The molecule has 3 rings (SSSR count). The lowest BCUT2D eigenvalue weighted by Gasteiger charge is -2.20. The molecular weight excluding hydrogens is 226 g/mol. The summed E-state index contributed by atoms with van der Waals surface area (Å²) in [5.41, 5.74) is 0.0500. The quantitative estimate of drug-likeness (QED) is 0.822. The first-order chi connectivity index (χ1) is 8.71. The highest BCUT2D eigenvalue weighted by molar-refractivity contribution is 6.10. The number of carbonyl (C=O) groups is 1. The van der Waals surface area contributed by atoms with Gasteiger partial charge in [0.15, 0.2) is 5.78 Å². The standard InChI is InChI=1S/C15H15NO2/c17-14(15(18)8-1-2-9-15)12-7-3-5-11-6-4-10-16-13(11)12/h3-7,10,18H,1-2,8-9H2. The van der Waals surface area contributed by atoms with Crippen LogP contribution in [0.4, 0.5) is 0 Å². The number of aliphatic hydroxyl groups is 1. The average molecular weight is 241 g/mol. The van der Waals surface area contributed by atoms with E-state index in [1.807, 2.05) is 24.3 Å². The summed E-state index contributed by atoms with van der Waals surface area (Å²) in [6, 6.07) is 9.31. The molecule has 92 valence electrons. The van der Waals surface area contributed by atoms with Crippen LogP contribution in [0.3, 0.4) is 0 Å². The van der Waals surface area contributed by atoms with Gasteiger partial charge in [0.05, 0.1) is 5.52 Å². The first kappa shape index (κ1) is 11.4. The number of pyridine rings is 1. The maximum atomic E-state index is 12.5. The molecule has 0 bridgehead atoms. The van der Waals surface area contributed by atoms with Gasteiger partial charge in [0.25, 0.3) is 0 Å². The van der Waals surface area contributed by atoms with E-state index in [-0.39, 0.29) is 5.78 Å². The predicted octanol–water partition coefficient (Wildman–Crippen LogP) is 2.72. The van der Waals surface area contributed by atoms with Crippen molar-refractivity contribution in [2.24, 2.45) is 0 Å². The number of fused-ring (bicyclic) bond motifs is 1. The number of aromatic nitrogens is 1. The molecule has 3 heteroatoms. The van der Waals surface area contributed by atoms with Crippen molar-refractivity contribution < 1.29 is 9.90 Å². The number of benzene rings is 1. The van der Waals surface area contributed by atoms with Crippen LogP contribution in [0.5, 0.6) is 0 Å². The Morgan fingerprint density at radius 2 is 1.89 bits per heavy atom. The van der Waals surface area contributed by atoms with E-state index in [1.165, 1.54) is 0 Å². The molecule has 0 amide bonds. The van der Waals surface area contributed by atoms with Crippen LogP contribution >= 0.6 is 0 Å². The lowest BCUT2D eigenvalue weighted by molar-refractivity contribution is 0.0355. The number of carbonyl (C=O) groups excluding carboxylic acids is 1. The second-order valence-corrected chi connectivity index (χ2v) is 4.95. The van der Waals surface area contributed by atoms with E-state index in [1.54, 1.807) is 12.3 Å². The highest BCUT2D eigenvalue weighted by Gasteiger charge is 2.39. The lowest BCUT2D eigenvalue weighted by Crippen LogP contribution is -2.35. The summed E-state index contributed by atoms with van der Waals surface area (Å²) >= 11 is 0. The molecule has 0 unspecified atom stereocenters. The van der Waals surface area contributed by atoms with Gasteiger partial charge in [-0.15, -0.1) is 0 Å². The summed E-state index contributed by atoms with van der Waals surface area (Å²) < 4.78 is 0. The van der Waals surface area contributed by atoms with E-state index in [9.17, 15) is 9.90 Å². The van der Waals surface area contributed by atoms with Gasteiger partial charge in [-0.05, 0) is 37.8 Å². The summed E-state index contributed by atoms with van der Waals surface area (Å²) in [4.78, 5) is 16.8. The highest BCUT2D eigenvalue weighted by Crippen LogP contribution is 2.33. The Kier molecular flexibility index (Phi) is 2.63. The van der Waals surface area contributed by atoms with Crippen molar-refractivity contribution in [1.82, 2.24) is 4.98 Å². The fourth-order valence-corrected chi connectivity index (χ4v) is 2.73. The minimum absolute atomic E-state index is 0.177. The van der Waals surface area contributed by atoms with Crippen LogP contribution in [0.2, 0.25) is 0 Å². The molecule has 1 aliphatic rings. The van der Waals surface area contributed by atoms with E-state index in [0.717, 1.165) is 18.2 Å². The summed E-state index contributed by atoms with van der Waals surface area (Å²) in [6.07, 6.45) is 4.64. The Morgan fingerprint density at radius 3 is 2.67 bits per heavy atom. The van der Waals surface area contributed by atoms with Crippen molar-refractivity contribution in [2.45, 2.75) is 31.3 Å². The van der Waals surface area contributed by atoms with Gasteiger partial charge in [0.2, 0.25) is 0 Å². The zero-order chi connectivity index (χ0) is 12.6. The summed E-state index contributed by atoms with van der Waals surface area (Å²) in [5.74, 6) is -0.177. The molecule has 2 aromatic rings. The van der Waals surface area contributed by atoms with E-state index in [0.29, 0.717) is 23.9 Å². The number of para-hydroxylation sites is 1. The Hall–Kier alpha value is -1.74. The third-order valence-corrected chi connectivity index (χ3v) is 3.73. The van der Waals surface area contributed by atoms with Crippen molar-refractivity contribution >= 4 is 16.7 Å². The van der Waals surface area contributed by atoms with Gasteiger partial charge < -0.3 is 5.11 Å². The van der Waals surface area contributed by atoms with Crippen molar-refractivity contribution in [2.75, 3.05) is 0 Å².